The number of carbonyl (C=O) groups excluding carboxylic acids is 2. The van der Waals surface area contributed by atoms with E-state index in [-0.39, 0.29) is 23.3 Å². The average molecular weight is 387 g/mol. The van der Waals surface area contributed by atoms with Crippen LogP contribution in [-0.4, -0.2) is 41.9 Å². The second-order valence-corrected chi connectivity index (χ2v) is 7.15. The monoisotopic (exact) mass is 386 g/mol. The lowest BCUT2D eigenvalue weighted by molar-refractivity contribution is -0.128. The van der Waals surface area contributed by atoms with Crippen LogP contribution in [0.5, 0.6) is 5.75 Å². The van der Waals surface area contributed by atoms with Crippen LogP contribution in [-0.2, 0) is 16.1 Å². The van der Waals surface area contributed by atoms with Crippen LogP contribution in [0.4, 0.5) is 5.69 Å². The topological polar surface area (TPSA) is 58.6 Å². The molecular weight excluding hydrogens is 360 g/mol. The van der Waals surface area contributed by atoms with Crippen LogP contribution >= 0.6 is 11.8 Å². The molecule has 2 rings (SSSR count). The molecule has 0 aliphatic rings. The number of hydrogen-bond acceptors (Lipinski definition) is 4. The minimum atomic E-state index is -0.100. The Morgan fingerprint density at radius 3 is 2.48 bits per heavy atom. The Morgan fingerprint density at radius 1 is 1.11 bits per heavy atom. The summed E-state index contributed by atoms with van der Waals surface area (Å²) in [6.07, 6.45) is 0. The summed E-state index contributed by atoms with van der Waals surface area (Å²) in [6.45, 7) is 5.11. The lowest BCUT2D eigenvalue weighted by atomic mass is 10.2. The van der Waals surface area contributed by atoms with Gasteiger partial charge in [0.15, 0.2) is 0 Å². The second kappa shape index (κ2) is 10.6. The fourth-order valence-corrected chi connectivity index (χ4v) is 3.29. The van der Waals surface area contributed by atoms with E-state index < -0.39 is 0 Å². The molecule has 0 radical (unpaired) electrons. The molecule has 0 fully saturated rings. The van der Waals surface area contributed by atoms with Gasteiger partial charge in [0.25, 0.3) is 0 Å². The van der Waals surface area contributed by atoms with E-state index in [1.54, 1.807) is 12.0 Å². The van der Waals surface area contributed by atoms with Gasteiger partial charge in [-0.2, -0.15) is 0 Å². The first-order chi connectivity index (χ1) is 13.0. The molecule has 0 aromatic heterocycles. The van der Waals surface area contributed by atoms with E-state index in [9.17, 15) is 9.59 Å². The number of benzene rings is 2. The maximum Gasteiger partial charge on any atom is 0.234 e. The standard InChI is InChI=1S/C21H26N2O3S/c1-4-23(13-17-8-10-19(26-3)11-9-17)21(25)15-27-14-20(24)22-18-7-5-6-16(2)12-18/h5-12H,4,13-15H2,1-3H3,(H,22,24). The van der Waals surface area contributed by atoms with Gasteiger partial charge in [-0.3, -0.25) is 9.59 Å². The lowest BCUT2D eigenvalue weighted by Gasteiger charge is -2.21. The van der Waals surface area contributed by atoms with Crippen molar-refractivity contribution >= 4 is 29.3 Å². The fraction of sp³-hybridized carbons (Fsp3) is 0.333. The summed E-state index contributed by atoms with van der Waals surface area (Å²) in [7, 11) is 1.63. The highest BCUT2D eigenvalue weighted by Crippen LogP contribution is 2.14. The van der Waals surface area contributed by atoms with Gasteiger partial charge in [-0.1, -0.05) is 24.3 Å². The summed E-state index contributed by atoms with van der Waals surface area (Å²) >= 11 is 1.33. The van der Waals surface area contributed by atoms with Gasteiger partial charge >= 0.3 is 0 Å². The molecule has 2 amide bonds. The van der Waals surface area contributed by atoms with Crippen LogP contribution in [0.2, 0.25) is 0 Å². The van der Waals surface area contributed by atoms with E-state index in [1.807, 2.05) is 62.4 Å². The molecule has 0 aliphatic heterocycles. The first-order valence-corrected chi connectivity index (χ1v) is 10.0. The zero-order valence-electron chi connectivity index (χ0n) is 16.0. The van der Waals surface area contributed by atoms with Gasteiger partial charge in [0.2, 0.25) is 11.8 Å². The molecule has 5 nitrogen and oxygen atoms in total. The highest BCUT2D eigenvalue weighted by molar-refractivity contribution is 8.00. The largest absolute Gasteiger partial charge is 0.497 e. The molecule has 6 heteroatoms. The van der Waals surface area contributed by atoms with E-state index >= 15 is 0 Å². The number of nitrogens with zero attached hydrogens (tertiary/aromatic N) is 1. The average Bonchev–Trinajstić information content (AvgIpc) is 2.66. The molecule has 0 atom stereocenters. The minimum absolute atomic E-state index is 0.0293. The zero-order valence-corrected chi connectivity index (χ0v) is 16.8. The Labute approximate surface area is 165 Å². The number of hydrogen-bond donors (Lipinski definition) is 1. The van der Waals surface area contributed by atoms with E-state index in [0.717, 1.165) is 22.6 Å². The molecule has 144 valence electrons. The summed E-state index contributed by atoms with van der Waals surface area (Å²) in [5.41, 5.74) is 2.92. The van der Waals surface area contributed by atoms with Gasteiger partial charge in [-0.05, 0) is 49.2 Å². The molecule has 0 bridgehead atoms. The molecule has 0 heterocycles. The van der Waals surface area contributed by atoms with Gasteiger partial charge < -0.3 is 15.0 Å². The summed E-state index contributed by atoms with van der Waals surface area (Å²) < 4.78 is 5.15. The summed E-state index contributed by atoms with van der Waals surface area (Å²) in [5, 5.41) is 2.85. The Kier molecular flexibility index (Phi) is 8.20. The van der Waals surface area contributed by atoms with Crippen molar-refractivity contribution in [1.82, 2.24) is 4.90 Å². The molecular formula is C21H26N2O3S. The fourth-order valence-electron chi connectivity index (χ4n) is 2.57. The summed E-state index contributed by atoms with van der Waals surface area (Å²) in [4.78, 5) is 26.2. The van der Waals surface area contributed by atoms with E-state index in [4.69, 9.17) is 4.74 Å². The molecule has 27 heavy (non-hydrogen) atoms. The van der Waals surface area contributed by atoms with Crippen LogP contribution < -0.4 is 10.1 Å². The van der Waals surface area contributed by atoms with Crippen molar-refractivity contribution in [1.29, 1.82) is 0 Å². The number of aryl methyl sites for hydroxylation is 1. The smallest absolute Gasteiger partial charge is 0.234 e. The SMILES string of the molecule is CCN(Cc1ccc(OC)cc1)C(=O)CSCC(=O)Nc1cccc(C)c1. The van der Waals surface area contributed by atoms with Crippen LogP contribution in [0, 0.1) is 6.92 Å². The van der Waals surface area contributed by atoms with Crippen molar-refractivity contribution < 1.29 is 14.3 Å². The van der Waals surface area contributed by atoms with Crippen molar-refractivity contribution in [3.63, 3.8) is 0 Å². The normalized spacial score (nSPS) is 10.3. The first-order valence-electron chi connectivity index (χ1n) is 8.86. The minimum Gasteiger partial charge on any atom is -0.497 e. The maximum atomic E-state index is 12.4. The van der Waals surface area contributed by atoms with Gasteiger partial charge in [-0.15, -0.1) is 11.8 Å². The zero-order chi connectivity index (χ0) is 19.6. The Bertz CT molecular complexity index is 762. The van der Waals surface area contributed by atoms with Crippen molar-refractivity contribution in [2.24, 2.45) is 0 Å². The van der Waals surface area contributed by atoms with Gasteiger partial charge in [-0.25, -0.2) is 0 Å². The number of nitrogens with one attached hydrogen (secondary N) is 1. The van der Waals surface area contributed by atoms with Crippen molar-refractivity contribution in [3.05, 3.63) is 59.7 Å². The van der Waals surface area contributed by atoms with Gasteiger partial charge in [0.05, 0.1) is 18.6 Å². The van der Waals surface area contributed by atoms with Crippen LogP contribution in [0.15, 0.2) is 48.5 Å². The molecule has 0 saturated heterocycles. The van der Waals surface area contributed by atoms with E-state index in [1.165, 1.54) is 11.8 Å². The molecule has 1 N–H and O–H groups in total. The number of rotatable bonds is 9. The van der Waals surface area contributed by atoms with Crippen LogP contribution in [0.25, 0.3) is 0 Å². The molecule has 2 aromatic rings. The van der Waals surface area contributed by atoms with Crippen molar-refractivity contribution in [2.75, 3.05) is 30.5 Å². The number of ether oxygens (including phenoxy) is 1. The molecule has 0 saturated carbocycles. The van der Waals surface area contributed by atoms with Crippen molar-refractivity contribution in [2.45, 2.75) is 20.4 Å². The third kappa shape index (κ3) is 6.98. The highest BCUT2D eigenvalue weighted by atomic mass is 32.2. The highest BCUT2D eigenvalue weighted by Gasteiger charge is 2.13. The quantitative estimate of drug-likeness (QED) is 0.713. The Hall–Kier alpha value is -2.47. The third-order valence-electron chi connectivity index (χ3n) is 4.03. The molecule has 0 spiro atoms. The molecule has 0 aliphatic carbocycles. The predicted molar refractivity (Wildman–Crippen MR) is 111 cm³/mol. The second-order valence-electron chi connectivity index (χ2n) is 6.17. The summed E-state index contributed by atoms with van der Waals surface area (Å²) in [5.74, 6) is 1.26. The van der Waals surface area contributed by atoms with Crippen molar-refractivity contribution in [3.8, 4) is 5.75 Å². The number of methoxy groups -OCH3 is 1. The number of amides is 2. The number of carbonyl (C=O) groups is 2. The number of anilines is 1. The predicted octanol–water partition coefficient (Wildman–Crippen LogP) is 3.72. The Morgan fingerprint density at radius 2 is 1.85 bits per heavy atom. The van der Waals surface area contributed by atoms with Crippen LogP contribution in [0.1, 0.15) is 18.1 Å². The molecule has 2 aromatic carbocycles. The van der Waals surface area contributed by atoms with Crippen LogP contribution in [0.3, 0.4) is 0 Å². The Balaban J connectivity index is 1.77. The first kappa shape index (κ1) is 20.8. The molecule has 0 unspecified atom stereocenters. The lowest BCUT2D eigenvalue weighted by Crippen LogP contribution is -2.32. The van der Waals surface area contributed by atoms with E-state index in [0.29, 0.717) is 13.1 Å². The van der Waals surface area contributed by atoms with Gasteiger partial charge in [0.1, 0.15) is 5.75 Å². The summed E-state index contributed by atoms with van der Waals surface area (Å²) in [6, 6.07) is 15.3. The maximum absolute atomic E-state index is 12.4. The van der Waals surface area contributed by atoms with Gasteiger partial charge in [0, 0.05) is 18.8 Å². The number of thioether (sulfide) groups is 1. The van der Waals surface area contributed by atoms with E-state index in [2.05, 4.69) is 5.32 Å². The third-order valence-corrected chi connectivity index (χ3v) is 4.94.